The number of carbonyl (C=O) groups excluding carboxylic acids is 1. The predicted molar refractivity (Wildman–Crippen MR) is 121 cm³/mol. The molecule has 3 aromatic carbocycles. The van der Waals surface area contributed by atoms with E-state index in [1.54, 1.807) is 42.6 Å². The van der Waals surface area contributed by atoms with E-state index < -0.39 is 29.7 Å². The van der Waals surface area contributed by atoms with Gasteiger partial charge in [-0.2, -0.15) is 13.2 Å². The molecule has 0 saturated carbocycles. The van der Waals surface area contributed by atoms with Crippen molar-refractivity contribution in [2.45, 2.75) is 18.6 Å². The molecule has 0 spiro atoms. The van der Waals surface area contributed by atoms with Gasteiger partial charge in [-0.3, -0.25) is 9.78 Å². The molecule has 0 aliphatic heterocycles. The Bertz CT molecular complexity index is 1350. The van der Waals surface area contributed by atoms with E-state index >= 15 is 0 Å². The zero-order valence-electron chi connectivity index (χ0n) is 17.7. The van der Waals surface area contributed by atoms with Crippen LogP contribution in [0.1, 0.15) is 21.6 Å². The molecular weight excluding hydrogens is 445 g/mol. The first-order valence-electron chi connectivity index (χ1n) is 10.4. The summed E-state index contributed by atoms with van der Waals surface area (Å²) in [7, 11) is 0. The highest BCUT2D eigenvalue weighted by Crippen LogP contribution is 2.32. The van der Waals surface area contributed by atoms with E-state index in [2.05, 4.69) is 10.3 Å². The largest absolute Gasteiger partial charge is 0.480 e. The van der Waals surface area contributed by atoms with E-state index in [1.165, 1.54) is 6.07 Å². The monoisotopic (exact) mass is 464 g/mol. The summed E-state index contributed by atoms with van der Waals surface area (Å²) in [5, 5.41) is 13.8. The van der Waals surface area contributed by atoms with Gasteiger partial charge in [-0.05, 0) is 40.3 Å². The van der Waals surface area contributed by atoms with Crippen molar-refractivity contribution in [3.05, 3.63) is 102 Å². The molecule has 172 valence electrons. The number of nitrogens with one attached hydrogen (secondary N) is 1. The van der Waals surface area contributed by atoms with E-state index in [-0.39, 0.29) is 12.1 Å². The number of nitrogens with zero attached hydrogens (tertiary/aromatic N) is 1. The summed E-state index contributed by atoms with van der Waals surface area (Å²) in [5.74, 6) is -1.82. The van der Waals surface area contributed by atoms with E-state index in [1.807, 2.05) is 24.3 Å². The van der Waals surface area contributed by atoms with Crippen molar-refractivity contribution in [1.82, 2.24) is 10.3 Å². The van der Waals surface area contributed by atoms with Crippen LogP contribution in [0.5, 0.6) is 0 Å². The summed E-state index contributed by atoms with van der Waals surface area (Å²) in [5.41, 5.74) is 0.919. The highest BCUT2D eigenvalue weighted by molar-refractivity contribution is 5.98. The molecule has 0 saturated heterocycles. The lowest BCUT2D eigenvalue weighted by Gasteiger charge is -2.15. The highest BCUT2D eigenvalue weighted by Gasteiger charge is 2.30. The van der Waals surface area contributed by atoms with Gasteiger partial charge in [0.15, 0.2) is 0 Å². The van der Waals surface area contributed by atoms with Crippen LogP contribution >= 0.6 is 0 Å². The summed E-state index contributed by atoms with van der Waals surface area (Å²) < 4.78 is 38.9. The number of aliphatic carboxylic acids is 1. The maximum Gasteiger partial charge on any atom is 0.416 e. The highest BCUT2D eigenvalue weighted by atomic mass is 19.4. The number of hydrogen-bond acceptors (Lipinski definition) is 3. The number of aromatic nitrogens is 1. The van der Waals surface area contributed by atoms with E-state index in [9.17, 15) is 27.9 Å². The predicted octanol–water partition coefficient (Wildman–Crippen LogP) is 5.35. The Morgan fingerprint density at radius 1 is 0.882 bits per heavy atom. The molecular formula is C26H19F3N2O3. The van der Waals surface area contributed by atoms with Gasteiger partial charge in [0.2, 0.25) is 0 Å². The third-order valence-corrected chi connectivity index (χ3v) is 5.38. The minimum Gasteiger partial charge on any atom is -0.480 e. The Morgan fingerprint density at radius 2 is 1.59 bits per heavy atom. The molecule has 2 N–H and O–H groups in total. The van der Waals surface area contributed by atoms with Crippen LogP contribution in [0.3, 0.4) is 0 Å². The third kappa shape index (κ3) is 5.23. The molecule has 0 bridgehead atoms. The Balaban J connectivity index is 1.48. The molecule has 0 aliphatic rings. The van der Waals surface area contributed by atoms with Gasteiger partial charge in [-0.1, -0.05) is 60.7 Å². The minimum atomic E-state index is -4.44. The maximum atomic E-state index is 13.0. The van der Waals surface area contributed by atoms with Crippen molar-refractivity contribution in [2.24, 2.45) is 0 Å². The van der Waals surface area contributed by atoms with Crippen molar-refractivity contribution < 1.29 is 27.9 Å². The number of halogens is 3. The zero-order valence-corrected chi connectivity index (χ0v) is 17.7. The van der Waals surface area contributed by atoms with Crippen LogP contribution in [0.2, 0.25) is 0 Å². The fourth-order valence-corrected chi connectivity index (χ4v) is 3.58. The number of pyridine rings is 1. The van der Waals surface area contributed by atoms with E-state index in [0.29, 0.717) is 16.7 Å². The molecule has 1 heterocycles. The number of carboxylic acids is 1. The summed E-state index contributed by atoms with van der Waals surface area (Å²) in [6, 6.07) is 19.2. The molecule has 0 unspecified atom stereocenters. The summed E-state index contributed by atoms with van der Waals surface area (Å²) in [4.78, 5) is 28.5. The van der Waals surface area contributed by atoms with Crippen molar-refractivity contribution in [1.29, 1.82) is 0 Å². The number of rotatable bonds is 6. The molecule has 0 radical (unpaired) electrons. The normalized spacial score (nSPS) is 12.3. The number of alkyl halides is 3. The first-order chi connectivity index (χ1) is 16.2. The lowest BCUT2D eigenvalue weighted by atomic mass is 9.99. The van der Waals surface area contributed by atoms with Gasteiger partial charge in [0, 0.05) is 18.0 Å². The number of fused-ring (bicyclic) bond motifs is 1. The summed E-state index contributed by atoms with van der Waals surface area (Å²) >= 11 is 0. The first-order valence-corrected chi connectivity index (χ1v) is 10.4. The van der Waals surface area contributed by atoms with Crippen LogP contribution in [0.25, 0.3) is 21.9 Å². The van der Waals surface area contributed by atoms with Crippen molar-refractivity contribution in [2.75, 3.05) is 0 Å². The van der Waals surface area contributed by atoms with Gasteiger partial charge < -0.3 is 10.4 Å². The molecule has 1 atom stereocenters. The number of amides is 1. The molecule has 1 amide bonds. The molecule has 0 fully saturated rings. The second-order valence-corrected chi connectivity index (χ2v) is 7.76. The summed E-state index contributed by atoms with van der Waals surface area (Å²) in [6.07, 6.45) is -2.90. The number of carbonyl (C=O) groups is 2. The SMILES string of the molecule is O=C(N[C@@H](Cc1ccc(-c2cccc(C(F)(F)F)c2)cc1)C(=O)O)c1cc2ccccc2cn1. The molecule has 1 aromatic heterocycles. The third-order valence-electron chi connectivity index (χ3n) is 5.38. The average molecular weight is 464 g/mol. The smallest absolute Gasteiger partial charge is 0.416 e. The second-order valence-electron chi connectivity index (χ2n) is 7.76. The standard InChI is InChI=1S/C26H19F3N2O3/c27-26(28,29)21-7-3-6-18(13-21)17-10-8-16(9-11-17)12-23(25(33)34)31-24(32)22-14-19-4-1-2-5-20(19)15-30-22/h1-11,13-15,23H,12H2,(H,31,32)(H,33,34)/t23-/m0/s1. The van der Waals surface area contributed by atoms with Crippen molar-refractivity contribution in [3.8, 4) is 11.1 Å². The minimum absolute atomic E-state index is 0.00245. The molecule has 5 nitrogen and oxygen atoms in total. The molecule has 34 heavy (non-hydrogen) atoms. The van der Waals surface area contributed by atoms with Crippen molar-refractivity contribution in [3.63, 3.8) is 0 Å². The second kappa shape index (κ2) is 9.35. The van der Waals surface area contributed by atoms with Crippen molar-refractivity contribution >= 4 is 22.6 Å². The Morgan fingerprint density at radius 3 is 2.26 bits per heavy atom. The lowest BCUT2D eigenvalue weighted by molar-refractivity contribution is -0.139. The van der Waals surface area contributed by atoms with Crippen LogP contribution in [0, 0.1) is 0 Å². The van der Waals surface area contributed by atoms with Gasteiger partial charge >= 0.3 is 12.1 Å². The molecule has 4 rings (SSSR count). The van der Waals surface area contributed by atoms with Gasteiger partial charge in [-0.25, -0.2) is 4.79 Å². The van der Waals surface area contributed by atoms with Crippen LogP contribution in [0.15, 0.2) is 85.1 Å². The van der Waals surface area contributed by atoms with Crippen LogP contribution in [-0.2, 0) is 17.4 Å². The van der Waals surface area contributed by atoms with E-state index in [4.69, 9.17) is 0 Å². The van der Waals surface area contributed by atoms with Crippen LogP contribution in [-0.4, -0.2) is 28.0 Å². The van der Waals surface area contributed by atoms with Gasteiger partial charge in [-0.15, -0.1) is 0 Å². The first kappa shape index (κ1) is 23.0. The maximum absolute atomic E-state index is 13.0. The topological polar surface area (TPSA) is 79.3 Å². The molecule has 8 heteroatoms. The lowest BCUT2D eigenvalue weighted by Crippen LogP contribution is -2.42. The van der Waals surface area contributed by atoms with Crippen LogP contribution < -0.4 is 5.32 Å². The van der Waals surface area contributed by atoms with Gasteiger partial charge in [0.1, 0.15) is 11.7 Å². The molecule has 0 aliphatic carbocycles. The zero-order chi connectivity index (χ0) is 24.3. The average Bonchev–Trinajstić information content (AvgIpc) is 2.83. The number of hydrogen-bond donors (Lipinski definition) is 2. The fraction of sp³-hybridized carbons (Fsp3) is 0.115. The summed E-state index contributed by atoms with van der Waals surface area (Å²) in [6.45, 7) is 0. The Hall–Kier alpha value is -4.20. The van der Waals surface area contributed by atoms with Crippen LogP contribution in [0.4, 0.5) is 13.2 Å². The molecule has 4 aromatic rings. The quantitative estimate of drug-likeness (QED) is 0.403. The van der Waals surface area contributed by atoms with Gasteiger partial charge in [0.05, 0.1) is 5.56 Å². The van der Waals surface area contributed by atoms with Gasteiger partial charge in [0.25, 0.3) is 5.91 Å². The van der Waals surface area contributed by atoms with E-state index in [0.717, 1.165) is 22.9 Å². The Kier molecular flexibility index (Phi) is 6.32. The number of carboxylic acid groups (broad SMARTS) is 1. The number of benzene rings is 3. The fourth-order valence-electron chi connectivity index (χ4n) is 3.58. The Labute approximate surface area is 192 Å².